The van der Waals surface area contributed by atoms with Gasteiger partial charge in [0.25, 0.3) is 0 Å². The van der Waals surface area contributed by atoms with Crippen molar-refractivity contribution in [3.8, 4) is 0 Å². The highest BCUT2D eigenvalue weighted by atomic mass is 16.5. The number of nitrogens with one attached hydrogen (secondary N) is 1. The highest BCUT2D eigenvalue weighted by molar-refractivity contribution is 5.78. The first-order valence-corrected chi connectivity index (χ1v) is 7.91. The molecular weight excluding hydrogens is 238 g/mol. The maximum absolute atomic E-state index is 5.99. The van der Waals surface area contributed by atoms with Gasteiger partial charge < -0.3 is 15.8 Å². The summed E-state index contributed by atoms with van der Waals surface area (Å²) in [7, 11) is 0. The lowest BCUT2D eigenvalue weighted by atomic mass is 9.60. The second-order valence-corrected chi connectivity index (χ2v) is 5.94. The molecule has 0 heterocycles. The first-order valence-electron chi connectivity index (χ1n) is 7.91. The molecule has 2 aliphatic carbocycles. The van der Waals surface area contributed by atoms with Crippen LogP contribution < -0.4 is 11.1 Å². The zero-order chi connectivity index (χ0) is 13.7. The summed E-state index contributed by atoms with van der Waals surface area (Å²) in [6.45, 7) is 5.92. The molecule has 0 aromatic carbocycles. The van der Waals surface area contributed by atoms with Crippen LogP contribution in [0.3, 0.4) is 0 Å². The number of nitrogens with two attached hydrogens (primary N) is 1. The van der Waals surface area contributed by atoms with Gasteiger partial charge in [0.05, 0.1) is 6.10 Å². The average Bonchev–Trinajstić information content (AvgIpc) is 2.90. The third-order valence-electron chi connectivity index (χ3n) is 4.80. The van der Waals surface area contributed by atoms with E-state index in [0.29, 0.717) is 23.5 Å². The summed E-state index contributed by atoms with van der Waals surface area (Å²) in [5.74, 6) is 0.625. The maximum Gasteiger partial charge on any atom is 0.188 e. The molecule has 2 fully saturated rings. The van der Waals surface area contributed by atoms with E-state index < -0.39 is 0 Å². The lowest BCUT2D eigenvalue weighted by molar-refractivity contribution is -0.125. The van der Waals surface area contributed by atoms with Crippen molar-refractivity contribution >= 4 is 5.96 Å². The van der Waals surface area contributed by atoms with Crippen molar-refractivity contribution in [1.29, 1.82) is 0 Å². The third kappa shape index (κ3) is 3.04. The van der Waals surface area contributed by atoms with Crippen LogP contribution in [-0.4, -0.2) is 31.3 Å². The molecule has 0 aromatic heterocycles. The Kier molecular flexibility index (Phi) is 5.08. The quantitative estimate of drug-likeness (QED) is 0.441. The van der Waals surface area contributed by atoms with Gasteiger partial charge in [-0.2, -0.15) is 0 Å². The Morgan fingerprint density at radius 3 is 2.74 bits per heavy atom. The van der Waals surface area contributed by atoms with Crippen molar-refractivity contribution < 1.29 is 4.74 Å². The molecular formula is C15H29N3O. The Morgan fingerprint density at radius 1 is 1.37 bits per heavy atom. The number of nitrogens with zero attached hydrogens (tertiary/aromatic N) is 1. The fourth-order valence-corrected chi connectivity index (χ4v) is 3.67. The largest absolute Gasteiger partial charge is 0.378 e. The highest BCUT2D eigenvalue weighted by Gasteiger charge is 2.56. The molecule has 110 valence electrons. The van der Waals surface area contributed by atoms with Crippen molar-refractivity contribution in [2.24, 2.45) is 16.1 Å². The monoisotopic (exact) mass is 267 g/mol. The summed E-state index contributed by atoms with van der Waals surface area (Å²) in [5, 5.41) is 3.44. The van der Waals surface area contributed by atoms with Crippen LogP contribution >= 0.6 is 0 Å². The third-order valence-corrected chi connectivity index (χ3v) is 4.80. The van der Waals surface area contributed by atoms with E-state index in [2.05, 4.69) is 24.2 Å². The van der Waals surface area contributed by atoms with E-state index >= 15 is 0 Å². The van der Waals surface area contributed by atoms with Crippen LogP contribution in [0.2, 0.25) is 0 Å². The van der Waals surface area contributed by atoms with Gasteiger partial charge in [-0.25, -0.2) is 0 Å². The summed E-state index contributed by atoms with van der Waals surface area (Å²) >= 11 is 0. The summed E-state index contributed by atoms with van der Waals surface area (Å²) in [5.41, 5.74) is 6.33. The van der Waals surface area contributed by atoms with Crippen molar-refractivity contribution in [2.45, 2.75) is 70.9 Å². The number of guanidine groups is 1. The van der Waals surface area contributed by atoms with E-state index in [0.717, 1.165) is 32.4 Å². The molecule has 19 heavy (non-hydrogen) atoms. The molecule has 1 spiro atoms. The fraction of sp³-hybridized carbons (Fsp3) is 0.933. The van der Waals surface area contributed by atoms with Crippen LogP contribution in [0.4, 0.5) is 0 Å². The lowest BCUT2D eigenvalue weighted by Crippen LogP contribution is -2.64. The Bertz CT molecular complexity index is 311. The summed E-state index contributed by atoms with van der Waals surface area (Å²) in [6.07, 6.45) is 8.99. The number of aliphatic imine (C=N–C) groups is 1. The van der Waals surface area contributed by atoms with E-state index in [-0.39, 0.29) is 0 Å². The molecule has 0 saturated heterocycles. The average molecular weight is 267 g/mol. The number of unbranched alkanes of at least 4 members (excludes halogenated alkanes) is 1. The predicted molar refractivity (Wildman–Crippen MR) is 79.3 cm³/mol. The standard InChI is InChI=1S/C15H29N3O/c1-3-5-10-17-14(16)18-12-11-13(19-4-2)15(12)8-6-7-9-15/h12-13H,3-11H2,1-2H3,(H3,16,17,18). The molecule has 4 heteroatoms. The first-order chi connectivity index (χ1) is 9.23. The van der Waals surface area contributed by atoms with Gasteiger partial charge in [-0.1, -0.05) is 26.2 Å². The van der Waals surface area contributed by atoms with Crippen LogP contribution in [0.5, 0.6) is 0 Å². The molecule has 2 atom stereocenters. The van der Waals surface area contributed by atoms with Crippen LogP contribution in [0.1, 0.15) is 58.8 Å². The predicted octanol–water partition coefficient (Wildman–Crippen LogP) is 2.43. The van der Waals surface area contributed by atoms with Crippen molar-refractivity contribution in [3.05, 3.63) is 0 Å². The molecule has 2 aliphatic rings. The molecule has 4 nitrogen and oxygen atoms in total. The Morgan fingerprint density at radius 2 is 2.11 bits per heavy atom. The molecule has 2 unspecified atom stereocenters. The lowest BCUT2D eigenvalue weighted by Gasteiger charge is -2.54. The van der Waals surface area contributed by atoms with Crippen molar-refractivity contribution in [1.82, 2.24) is 5.32 Å². The van der Waals surface area contributed by atoms with Gasteiger partial charge in [0, 0.05) is 24.6 Å². The Labute approximate surface area is 117 Å². The van der Waals surface area contributed by atoms with E-state index in [1.807, 2.05) is 0 Å². The molecule has 0 radical (unpaired) electrons. The van der Waals surface area contributed by atoms with Crippen molar-refractivity contribution in [3.63, 3.8) is 0 Å². The van der Waals surface area contributed by atoms with Gasteiger partial charge >= 0.3 is 0 Å². The van der Waals surface area contributed by atoms with Gasteiger partial charge in [-0.05, 0) is 32.6 Å². The molecule has 2 saturated carbocycles. The van der Waals surface area contributed by atoms with Crippen LogP contribution in [0, 0.1) is 5.41 Å². The van der Waals surface area contributed by atoms with E-state index in [1.165, 1.54) is 25.7 Å². The smallest absolute Gasteiger partial charge is 0.188 e. The highest BCUT2D eigenvalue weighted by Crippen LogP contribution is 2.54. The van der Waals surface area contributed by atoms with Gasteiger partial charge in [0.1, 0.15) is 0 Å². The topological polar surface area (TPSA) is 59.6 Å². The van der Waals surface area contributed by atoms with Gasteiger partial charge in [-0.3, -0.25) is 4.99 Å². The number of ether oxygens (including phenoxy) is 1. The minimum atomic E-state index is 0.334. The van der Waals surface area contributed by atoms with Crippen LogP contribution in [0.15, 0.2) is 4.99 Å². The SMILES string of the molecule is CCCCN=C(N)NC1CC(OCC)C12CCCC2. The Hall–Kier alpha value is -0.770. The maximum atomic E-state index is 5.99. The summed E-state index contributed by atoms with van der Waals surface area (Å²) in [4.78, 5) is 4.40. The second kappa shape index (κ2) is 6.60. The number of rotatable bonds is 6. The zero-order valence-electron chi connectivity index (χ0n) is 12.5. The van der Waals surface area contributed by atoms with E-state index in [4.69, 9.17) is 10.5 Å². The Balaban J connectivity index is 1.88. The molecule has 0 aromatic rings. The van der Waals surface area contributed by atoms with Crippen LogP contribution in [0.25, 0.3) is 0 Å². The number of hydrogen-bond acceptors (Lipinski definition) is 2. The van der Waals surface area contributed by atoms with E-state index in [1.54, 1.807) is 0 Å². The zero-order valence-corrected chi connectivity index (χ0v) is 12.5. The summed E-state index contributed by atoms with van der Waals surface area (Å²) in [6, 6.07) is 0.469. The number of hydrogen-bond donors (Lipinski definition) is 2. The molecule has 3 N–H and O–H groups in total. The molecule has 0 bridgehead atoms. The second-order valence-electron chi connectivity index (χ2n) is 5.94. The normalized spacial score (nSPS) is 29.5. The minimum absolute atomic E-state index is 0.334. The molecule has 2 rings (SSSR count). The van der Waals surface area contributed by atoms with E-state index in [9.17, 15) is 0 Å². The molecule has 0 aliphatic heterocycles. The first kappa shape index (κ1) is 14.6. The van der Waals surface area contributed by atoms with Gasteiger partial charge in [-0.15, -0.1) is 0 Å². The summed E-state index contributed by atoms with van der Waals surface area (Å²) < 4.78 is 5.91. The molecule has 0 amide bonds. The minimum Gasteiger partial charge on any atom is -0.378 e. The van der Waals surface area contributed by atoms with Crippen LogP contribution in [-0.2, 0) is 4.74 Å². The van der Waals surface area contributed by atoms with Gasteiger partial charge in [0.15, 0.2) is 5.96 Å². The fourth-order valence-electron chi connectivity index (χ4n) is 3.67. The van der Waals surface area contributed by atoms with Gasteiger partial charge in [0.2, 0.25) is 0 Å². The van der Waals surface area contributed by atoms with Crippen molar-refractivity contribution in [2.75, 3.05) is 13.2 Å².